The lowest BCUT2D eigenvalue weighted by atomic mass is 10.1. The molecule has 0 aromatic heterocycles. The lowest BCUT2D eigenvalue weighted by molar-refractivity contribution is 0.0760. The molecule has 3 rings (SSSR count). The minimum atomic E-state index is -0.0197. The molecule has 0 N–H and O–H groups in total. The summed E-state index contributed by atoms with van der Waals surface area (Å²) in [4.78, 5) is 26.0. The first-order valence-electron chi connectivity index (χ1n) is 7.35. The predicted octanol–water partition coefficient (Wildman–Crippen LogP) is 4.43. The number of halogens is 1. The number of Topliss-reactive ketones (excluding diaryl/α,β-unsaturated/α-hetero) is 1. The van der Waals surface area contributed by atoms with Crippen LogP contribution < -0.4 is 0 Å². The maximum Gasteiger partial charge on any atom is 0.255 e. The first-order chi connectivity index (χ1) is 11.1. The van der Waals surface area contributed by atoms with E-state index in [2.05, 4.69) is 0 Å². The SMILES string of the molecule is CC(=O)c1ccc(C(=O)N2CCSC2c2cccc(Cl)c2)cc1. The van der Waals surface area contributed by atoms with E-state index in [0.717, 1.165) is 11.3 Å². The van der Waals surface area contributed by atoms with Crippen LogP contribution in [0.3, 0.4) is 0 Å². The van der Waals surface area contributed by atoms with E-state index in [1.165, 1.54) is 6.92 Å². The van der Waals surface area contributed by atoms with Gasteiger partial charge in [0.05, 0.1) is 0 Å². The van der Waals surface area contributed by atoms with Crippen LogP contribution in [0.15, 0.2) is 48.5 Å². The number of carbonyl (C=O) groups is 2. The molecular weight excluding hydrogens is 330 g/mol. The maximum atomic E-state index is 12.8. The Balaban J connectivity index is 1.84. The van der Waals surface area contributed by atoms with Crippen LogP contribution in [0.25, 0.3) is 0 Å². The summed E-state index contributed by atoms with van der Waals surface area (Å²) in [6.07, 6.45) is 0. The Morgan fingerprint density at radius 1 is 1.13 bits per heavy atom. The zero-order valence-corrected chi connectivity index (χ0v) is 14.2. The first kappa shape index (κ1) is 16.1. The number of carbonyl (C=O) groups excluding carboxylic acids is 2. The lowest BCUT2D eigenvalue weighted by Gasteiger charge is -2.24. The van der Waals surface area contributed by atoms with E-state index >= 15 is 0 Å². The summed E-state index contributed by atoms with van der Waals surface area (Å²) in [7, 11) is 0. The van der Waals surface area contributed by atoms with E-state index in [1.54, 1.807) is 36.0 Å². The molecule has 0 aliphatic carbocycles. The fourth-order valence-electron chi connectivity index (χ4n) is 2.63. The number of rotatable bonds is 3. The van der Waals surface area contributed by atoms with Crippen molar-refractivity contribution in [1.29, 1.82) is 0 Å². The standard InChI is InChI=1S/C18H16ClNO2S/c1-12(21)13-5-7-14(8-6-13)17(22)20-9-10-23-18(20)15-3-2-4-16(19)11-15/h2-8,11,18H,9-10H2,1H3. The largest absolute Gasteiger partial charge is 0.322 e. The van der Waals surface area contributed by atoms with Crippen LogP contribution in [0.2, 0.25) is 5.02 Å². The zero-order valence-electron chi connectivity index (χ0n) is 12.7. The van der Waals surface area contributed by atoms with Gasteiger partial charge in [-0.3, -0.25) is 9.59 Å². The minimum absolute atomic E-state index is 0.00229. The van der Waals surface area contributed by atoms with Gasteiger partial charge in [-0.05, 0) is 36.8 Å². The van der Waals surface area contributed by atoms with E-state index in [1.807, 2.05) is 29.2 Å². The molecule has 2 aromatic carbocycles. The van der Waals surface area contributed by atoms with Crippen molar-refractivity contribution >= 4 is 35.1 Å². The molecule has 1 fully saturated rings. The van der Waals surface area contributed by atoms with E-state index in [-0.39, 0.29) is 17.1 Å². The van der Waals surface area contributed by atoms with E-state index in [4.69, 9.17) is 11.6 Å². The van der Waals surface area contributed by atoms with Gasteiger partial charge in [0.15, 0.2) is 5.78 Å². The molecule has 23 heavy (non-hydrogen) atoms. The number of hydrogen-bond donors (Lipinski definition) is 0. The molecular formula is C18H16ClNO2S. The lowest BCUT2D eigenvalue weighted by Crippen LogP contribution is -2.30. The number of benzene rings is 2. The first-order valence-corrected chi connectivity index (χ1v) is 8.78. The Labute approximate surface area is 144 Å². The number of amides is 1. The van der Waals surface area contributed by atoms with Crippen molar-refractivity contribution in [3.63, 3.8) is 0 Å². The van der Waals surface area contributed by atoms with Gasteiger partial charge in [0.25, 0.3) is 5.91 Å². The van der Waals surface area contributed by atoms with E-state index < -0.39 is 0 Å². The fourth-order valence-corrected chi connectivity index (χ4v) is 4.07. The van der Waals surface area contributed by atoms with E-state index in [9.17, 15) is 9.59 Å². The molecule has 1 heterocycles. The van der Waals surface area contributed by atoms with Crippen molar-refractivity contribution in [1.82, 2.24) is 4.90 Å². The zero-order chi connectivity index (χ0) is 16.4. The van der Waals surface area contributed by atoms with Gasteiger partial charge in [-0.1, -0.05) is 35.9 Å². The highest BCUT2D eigenvalue weighted by molar-refractivity contribution is 7.99. The average Bonchev–Trinajstić information content (AvgIpc) is 3.04. The number of thioether (sulfide) groups is 1. The molecule has 1 unspecified atom stereocenters. The Morgan fingerprint density at radius 2 is 1.83 bits per heavy atom. The monoisotopic (exact) mass is 345 g/mol. The number of hydrogen-bond acceptors (Lipinski definition) is 3. The van der Waals surface area contributed by atoms with Gasteiger partial charge in [0, 0.05) is 28.4 Å². The van der Waals surface area contributed by atoms with Crippen LogP contribution in [0.1, 0.15) is 38.6 Å². The second kappa shape index (κ2) is 6.77. The van der Waals surface area contributed by atoms with Crippen LogP contribution in [-0.2, 0) is 0 Å². The Kier molecular flexibility index (Phi) is 4.74. The van der Waals surface area contributed by atoms with E-state index in [0.29, 0.717) is 22.7 Å². The predicted molar refractivity (Wildman–Crippen MR) is 94.1 cm³/mol. The highest BCUT2D eigenvalue weighted by Gasteiger charge is 2.31. The van der Waals surface area contributed by atoms with Crippen LogP contribution >= 0.6 is 23.4 Å². The summed E-state index contributed by atoms with van der Waals surface area (Å²) < 4.78 is 0. The Morgan fingerprint density at radius 3 is 2.48 bits per heavy atom. The molecule has 0 bridgehead atoms. The third-order valence-corrected chi connectivity index (χ3v) is 5.32. The number of nitrogens with zero attached hydrogens (tertiary/aromatic N) is 1. The van der Waals surface area contributed by atoms with Crippen molar-refractivity contribution in [3.8, 4) is 0 Å². The van der Waals surface area contributed by atoms with Gasteiger partial charge in [-0.2, -0.15) is 0 Å². The van der Waals surface area contributed by atoms with Crippen LogP contribution in [0.5, 0.6) is 0 Å². The molecule has 1 atom stereocenters. The van der Waals surface area contributed by atoms with Gasteiger partial charge in [0.1, 0.15) is 5.37 Å². The molecule has 1 amide bonds. The van der Waals surface area contributed by atoms with Gasteiger partial charge in [-0.25, -0.2) is 0 Å². The third kappa shape index (κ3) is 3.43. The summed E-state index contributed by atoms with van der Waals surface area (Å²) in [6, 6.07) is 14.5. The molecule has 2 aromatic rings. The molecule has 3 nitrogen and oxygen atoms in total. The van der Waals surface area contributed by atoms with Crippen molar-refractivity contribution < 1.29 is 9.59 Å². The summed E-state index contributed by atoms with van der Waals surface area (Å²) in [5.41, 5.74) is 2.25. The molecule has 0 spiro atoms. The van der Waals surface area contributed by atoms with Gasteiger partial charge >= 0.3 is 0 Å². The normalized spacial score (nSPS) is 17.3. The topological polar surface area (TPSA) is 37.4 Å². The summed E-state index contributed by atoms with van der Waals surface area (Å²) in [5.74, 6) is 0.877. The van der Waals surface area contributed by atoms with Crippen molar-refractivity contribution in [3.05, 3.63) is 70.2 Å². The quantitative estimate of drug-likeness (QED) is 0.772. The van der Waals surface area contributed by atoms with Gasteiger partial charge < -0.3 is 4.90 Å². The molecule has 0 saturated carbocycles. The second-order valence-corrected chi connectivity index (χ2v) is 7.03. The second-order valence-electron chi connectivity index (χ2n) is 5.41. The van der Waals surface area contributed by atoms with Crippen molar-refractivity contribution in [2.45, 2.75) is 12.3 Å². The smallest absolute Gasteiger partial charge is 0.255 e. The fraction of sp³-hybridized carbons (Fsp3) is 0.222. The Hall–Kier alpha value is -1.78. The van der Waals surface area contributed by atoms with Crippen LogP contribution in [0, 0.1) is 0 Å². The summed E-state index contributed by atoms with van der Waals surface area (Å²) in [5, 5.41) is 0.655. The Bertz CT molecular complexity index is 745. The molecule has 0 radical (unpaired) electrons. The van der Waals surface area contributed by atoms with Crippen LogP contribution in [0.4, 0.5) is 0 Å². The summed E-state index contributed by atoms with van der Waals surface area (Å²) >= 11 is 7.81. The van der Waals surface area contributed by atoms with Gasteiger partial charge in [0.2, 0.25) is 0 Å². The number of ketones is 1. The average molecular weight is 346 g/mol. The molecule has 1 saturated heterocycles. The highest BCUT2D eigenvalue weighted by atomic mass is 35.5. The third-order valence-electron chi connectivity index (χ3n) is 3.82. The van der Waals surface area contributed by atoms with Crippen LogP contribution in [-0.4, -0.2) is 28.9 Å². The van der Waals surface area contributed by atoms with Crippen molar-refractivity contribution in [2.24, 2.45) is 0 Å². The summed E-state index contributed by atoms with van der Waals surface area (Å²) in [6.45, 7) is 2.22. The van der Waals surface area contributed by atoms with Gasteiger partial charge in [-0.15, -0.1) is 11.8 Å². The maximum absolute atomic E-state index is 12.8. The molecule has 118 valence electrons. The van der Waals surface area contributed by atoms with Crippen molar-refractivity contribution in [2.75, 3.05) is 12.3 Å². The molecule has 1 aliphatic heterocycles. The highest BCUT2D eigenvalue weighted by Crippen LogP contribution is 2.39. The minimum Gasteiger partial charge on any atom is -0.322 e. The molecule has 1 aliphatic rings. The molecule has 5 heteroatoms.